The summed E-state index contributed by atoms with van der Waals surface area (Å²) in [6, 6.07) is 4.15. The minimum atomic E-state index is -4.58. The van der Waals surface area contributed by atoms with Gasteiger partial charge in [0.15, 0.2) is 6.61 Å². The van der Waals surface area contributed by atoms with Crippen LogP contribution in [0.5, 0.6) is 0 Å². The van der Waals surface area contributed by atoms with Crippen LogP contribution in [0.4, 0.5) is 18.9 Å². The lowest BCUT2D eigenvalue weighted by molar-refractivity contribution is -0.161. The summed E-state index contributed by atoms with van der Waals surface area (Å²) in [4.78, 5) is 11.2. The number of rotatable bonds is 2. The Hall–Kier alpha value is -1.43. The maximum Gasteiger partial charge on any atom is 0.422 e. The summed E-state index contributed by atoms with van der Waals surface area (Å²) in [5.74, 6) is -1.19. The molecule has 0 aliphatic heterocycles. The number of hydrogen-bond acceptors (Lipinski definition) is 3. The first-order valence-electron chi connectivity index (χ1n) is 4.09. The number of nitrogen functional groups attached to an aromatic ring is 1. The average Bonchev–Trinajstić information content (AvgIpc) is 2.13. The number of alkyl halides is 3. The predicted octanol–water partition coefficient (Wildman–Crippen LogP) is 2.64. The van der Waals surface area contributed by atoms with E-state index in [1.807, 2.05) is 0 Å². The Labute approximate surface area is 93.9 Å². The number of hydrogen-bond donors (Lipinski definition) is 1. The van der Waals surface area contributed by atoms with Gasteiger partial charge in [-0.2, -0.15) is 13.2 Å². The summed E-state index contributed by atoms with van der Waals surface area (Å²) in [6.45, 7) is -1.67. The maximum absolute atomic E-state index is 11.8. The first kappa shape index (κ1) is 12.6. The Morgan fingerprint density at radius 2 is 2.06 bits per heavy atom. The minimum absolute atomic E-state index is 0.0281. The molecule has 0 saturated carbocycles. The molecular weight excluding hydrogens is 247 g/mol. The molecule has 2 N–H and O–H groups in total. The summed E-state index contributed by atoms with van der Waals surface area (Å²) in [7, 11) is 0. The van der Waals surface area contributed by atoms with Crippen LogP contribution in [0, 0.1) is 0 Å². The zero-order chi connectivity index (χ0) is 12.3. The van der Waals surface area contributed by atoms with Gasteiger partial charge in [-0.1, -0.05) is 17.7 Å². The first-order valence-corrected chi connectivity index (χ1v) is 4.47. The molecule has 0 radical (unpaired) electrons. The molecule has 0 bridgehead atoms. The summed E-state index contributed by atoms with van der Waals surface area (Å²) in [6.07, 6.45) is -4.58. The number of esters is 1. The van der Waals surface area contributed by atoms with Crippen LogP contribution < -0.4 is 5.73 Å². The van der Waals surface area contributed by atoms with Gasteiger partial charge in [-0.3, -0.25) is 0 Å². The van der Waals surface area contributed by atoms with Crippen molar-refractivity contribution in [1.29, 1.82) is 0 Å². The third kappa shape index (κ3) is 3.30. The van der Waals surface area contributed by atoms with Crippen molar-refractivity contribution in [3.05, 3.63) is 28.8 Å². The van der Waals surface area contributed by atoms with E-state index in [0.29, 0.717) is 0 Å². The molecule has 0 atom stereocenters. The second-order valence-electron chi connectivity index (χ2n) is 2.90. The van der Waals surface area contributed by atoms with Crippen LogP contribution in [0.3, 0.4) is 0 Å². The molecule has 1 aromatic rings. The second-order valence-corrected chi connectivity index (χ2v) is 3.30. The summed E-state index contributed by atoms with van der Waals surface area (Å²) in [5.41, 5.74) is 5.11. The number of anilines is 1. The van der Waals surface area contributed by atoms with E-state index in [2.05, 4.69) is 4.74 Å². The van der Waals surface area contributed by atoms with Crippen LogP contribution in [0.2, 0.25) is 5.02 Å². The van der Waals surface area contributed by atoms with E-state index in [0.717, 1.165) is 0 Å². The lowest BCUT2D eigenvalue weighted by atomic mass is 10.2. The summed E-state index contributed by atoms with van der Waals surface area (Å²) in [5, 5.41) is -0.0489. The Morgan fingerprint density at radius 3 is 2.56 bits per heavy atom. The number of nitrogens with two attached hydrogens (primary N) is 1. The number of carbonyl (C=O) groups excluding carboxylic acids is 1. The highest BCUT2D eigenvalue weighted by Gasteiger charge is 2.30. The smallest absolute Gasteiger partial charge is 0.422 e. The zero-order valence-electron chi connectivity index (χ0n) is 7.84. The van der Waals surface area contributed by atoms with Crippen molar-refractivity contribution in [1.82, 2.24) is 0 Å². The molecule has 0 aliphatic carbocycles. The van der Waals surface area contributed by atoms with Gasteiger partial charge in [0.1, 0.15) is 5.56 Å². The van der Waals surface area contributed by atoms with Gasteiger partial charge in [0, 0.05) is 5.69 Å². The van der Waals surface area contributed by atoms with Crippen LogP contribution >= 0.6 is 11.6 Å². The molecule has 0 unspecified atom stereocenters. The van der Waals surface area contributed by atoms with Crippen LogP contribution in [-0.2, 0) is 4.74 Å². The van der Waals surface area contributed by atoms with E-state index in [9.17, 15) is 18.0 Å². The third-order valence-corrected chi connectivity index (χ3v) is 1.93. The highest BCUT2D eigenvalue weighted by molar-refractivity contribution is 6.34. The molecule has 88 valence electrons. The number of ether oxygens (including phenoxy) is 1. The fraction of sp³-hybridized carbons (Fsp3) is 0.222. The lowest BCUT2D eigenvalue weighted by Gasteiger charge is -2.10. The normalized spacial score (nSPS) is 11.2. The predicted molar refractivity (Wildman–Crippen MR) is 52.2 cm³/mol. The topological polar surface area (TPSA) is 52.3 Å². The fourth-order valence-electron chi connectivity index (χ4n) is 0.976. The molecule has 0 amide bonds. The Kier molecular flexibility index (Phi) is 3.64. The van der Waals surface area contributed by atoms with Crippen molar-refractivity contribution in [2.24, 2.45) is 0 Å². The Balaban J connectivity index is 2.81. The van der Waals surface area contributed by atoms with Crippen molar-refractivity contribution in [2.45, 2.75) is 6.18 Å². The molecule has 0 aromatic heterocycles. The van der Waals surface area contributed by atoms with Gasteiger partial charge in [0.2, 0.25) is 0 Å². The fourth-order valence-corrected chi connectivity index (χ4v) is 1.23. The highest BCUT2D eigenvalue weighted by Crippen LogP contribution is 2.24. The summed E-state index contributed by atoms with van der Waals surface area (Å²) < 4.78 is 39.4. The number of carbonyl (C=O) groups is 1. The maximum atomic E-state index is 11.8. The Bertz CT molecular complexity index is 386. The van der Waals surface area contributed by atoms with Crippen LogP contribution in [0.25, 0.3) is 0 Å². The van der Waals surface area contributed by atoms with Crippen molar-refractivity contribution in [2.75, 3.05) is 12.3 Å². The molecule has 16 heavy (non-hydrogen) atoms. The van der Waals surface area contributed by atoms with E-state index in [4.69, 9.17) is 17.3 Å². The third-order valence-electron chi connectivity index (χ3n) is 1.62. The minimum Gasteiger partial charge on any atom is -0.452 e. The van der Waals surface area contributed by atoms with E-state index < -0.39 is 18.8 Å². The standard InChI is InChI=1S/C9H7ClF3NO2/c10-5-2-1-3-6(14)7(5)8(15)16-4-9(11,12)13/h1-3H,4,14H2. The van der Waals surface area contributed by atoms with Gasteiger partial charge in [0.05, 0.1) is 5.02 Å². The van der Waals surface area contributed by atoms with E-state index in [-0.39, 0.29) is 16.3 Å². The first-order chi connectivity index (χ1) is 7.31. The molecule has 7 heteroatoms. The summed E-state index contributed by atoms with van der Waals surface area (Å²) >= 11 is 5.61. The monoisotopic (exact) mass is 253 g/mol. The molecule has 0 spiro atoms. The largest absolute Gasteiger partial charge is 0.452 e. The van der Waals surface area contributed by atoms with Gasteiger partial charge in [-0.15, -0.1) is 0 Å². The van der Waals surface area contributed by atoms with E-state index in [1.165, 1.54) is 18.2 Å². The van der Waals surface area contributed by atoms with Gasteiger partial charge < -0.3 is 10.5 Å². The van der Waals surface area contributed by atoms with Crippen molar-refractivity contribution in [3.8, 4) is 0 Å². The van der Waals surface area contributed by atoms with Crippen LogP contribution in [0.15, 0.2) is 18.2 Å². The molecule has 0 saturated heterocycles. The molecule has 0 heterocycles. The second kappa shape index (κ2) is 4.61. The van der Waals surface area contributed by atoms with Crippen molar-refractivity contribution >= 4 is 23.3 Å². The highest BCUT2D eigenvalue weighted by atomic mass is 35.5. The molecule has 1 aromatic carbocycles. The van der Waals surface area contributed by atoms with E-state index >= 15 is 0 Å². The van der Waals surface area contributed by atoms with Gasteiger partial charge in [-0.05, 0) is 12.1 Å². The van der Waals surface area contributed by atoms with Gasteiger partial charge in [0.25, 0.3) is 0 Å². The van der Waals surface area contributed by atoms with Gasteiger partial charge in [-0.25, -0.2) is 4.79 Å². The zero-order valence-corrected chi connectivity index (χ0v) is 8.60. The molecular formula is C9H7ClF3NO2. The quantitative estimate of drug-likeness (QED) is 0.651. The van der Waals surface area contributed by atoms with E-state index in [1.54, 1.807) is 0 Å². The van der Waals surface area contributed by atoms with Crippen molar-refractivity contribution in [3.63, 3.8) is 0 Å². The number of halogens is 4. The average molecular weight is 254 g/mol. The van der Waals surface area contributed by atoms with Crippen LogP contribution in [-0.4, -0.2) is 18.8 Å². The van der Waals surface area contributed by atoms with Crippen molar-refractivity contribution < 1.29 is 22.7 Å². The Morgan fingerprint density at radius 1 is 1.44 bits per heavy atom. The molecule has 0 fully saturated rings. The number of benzene rings is 1. The SMILES string of the molecule is Nc1cccc(Cl)c1C(=O)OCC(F)(F)F. The molecule has 0 aliphatic rings. The van der Waals surface area contributed by atoms with Gasteiger partial charge >= 0.3 is 12.1 Å². The molecule has 1 rings (SSSR count). The lowest BCUT2D eigenvalue weighted by Crippen LogP contribution is -2.21. The van der Waals surface area contributed by atoms with Crippen LogP contribution in [0.1, 0.15) is 10.4 Å². The molecule has 3 nitrogen and oxygen atoms in total.